The lowest BCUT2D eigenvalue weighted by atomic mass is 10.3. The van der Waals surface area contributed by atoms with Crippen LogP contribution in [0.2, 0.25) is 5.02 Å². The molecule has 0 unspecified atom stereocenters. The molecule has 0 saturated carbocycles. The highest BCUT2D eigenvalue weighted by molar-refractivity contribution is 6.30. The molecule has 100 valence electrons. The third-order valence-electron chi connectivity index (χ3n) is 2.35. The second kappa shape index (κ2) is 5.36. The number of halogens is 4. The summed E-state index contributed by atoms with van der Waals surface area (Å²) in [7, 11) is 1.44. The summed E-state index contributed by atoms with van der Waals surface area (Å²) in [6, 6.07) is 4.42. The Morgan fingerprint density at radius 3 is 2.37 bits per heavy atom. The molecule has 3 nitrogen and oxygen atoms in total. The number of hydrogen-bond donors (Lipinski definition) is 2. The minimum absolute atomic E-state index is 0.0486. The highest BCUT2D eigenvalue weighted by Crippen LogP contribution is 2.26. The molecule has 0 saturated heterocycles. The van der Waals surface area contributed by atoms with Gasteiger partial charge in [0.1, 0.15) is 5.82 Å². The molecule has 0 aliphatic carbocycles. The Bertz CT molecular complexity index is 619. The van der Waals surface area contributed by atoms with Crippen molar-refractivity contribution in [3.8, 4) is 0 Å². The van der Waals surface area contributed by atoms with E-state index in [1.807, 2.05) is 0 Å². The van der Waals surface area contributed by atoms with Gasteiger partial charge < -0.3 is 10.6 Å². The van der Waals surface area contributed by atoms with E-state index in [0.29, 0.717) is 6.07 Å². The summed E-state index contributed by atoms with van der Waals surface area (Å²) in [6.07, 6.45) is 0. The van der Waals surface area contributed by atoms with Crippen molar-refractivity contribution in [1.82, 2.24) is 4.98 Å². The van der Waals surface area contributed by atoms with E-state index in [4.69, 9.17) is 11.6 Å². The molecule has 2 N–H and O–H groups in total. The summed E-state index contributed by atoms with van der Waals surface area (Å²) in [5.41, 5.74) is -0.0486. The molecule has 0 aliphatic rings. The predicted octanol–water partition coefficient (Wildman–Crippen LogP) is 3.94. The van der Waals surface area contributed by atoms with Crippen molar-refractivity contribution >= 4 is 28.9 Å². The number of anilines is 3. The fraction of sp³-hybridized carbons (Fsp3) is 0.0833. The highest BCUT2D eigenvalue weighted by atomic mass is 35.5. The van der Waals surface area contributed by atoms with Gasteiger partial charge in [-0.15, -0.1) is 0 Å². The molecule has 0 radical (unpaired) electrons. The van der Waals surface area contributed by atoms with Crippen molar-refractivity contribution in [2.75, 3.05) is 17.7 Å². The van der Waals surface area contributed by atoms with Crippen LogP contribution in [0.15, 0.2) is 24.3 Å². The first-order valence-corrected chi connectivity index (χ1v) is 5.65. The Morgan fingerprint density at radius 2 is 1.68 bits per heavy atom. The van der Waals surface area contributed by atoms with Crippen molar-refractivity contribution in [3.05, 3.63) is 46.7 Å². The topological polar surface area (TPSA) is 37.0 Å². The van der Waals surface area contributed by atoms with Crippen LogP contribution in [0.25, 0.3) is 0 Å². The monoisotopic (exact) mass is 287 g/mol. The number of aromatic nitrogens is 1. The minimum atomic E-state index is -0.934. The second-order valence-electron chi connectivity index (χ2n) is 3.65. The fourth-order valence-corrected chi connectivity index (χ4v) is 1.62. The molecule has 1 aromatic carbocycles. The Kier molecular flexibility index (Phi) is 3.80. The normalized spacial score (nSPS) is 10.4. The second-order valence-corrected chi connectivity index (χ2v) is 4.08. The van der Waals surface area contributed by atoms with E-state index >= 15 is 0 Å². The van der Waals surface area contributed by atoms with Gasteiger partial charge in [-0.3, -0.25) is 0 Å². The maximum absolute atomic E-state index is 13.5. The van der Waals surface area contributed by atoms with Crippen LogP contribution in [-0.2, 0) is 0 Å². The van der Waals surface area contributed by atoms with Crippen molar-refractivity contribution in [1.29, 1.82) is 0 Å². The SMILES string of the molecule is CNc1nc(Nc2cc(Cl)ccc2F)c(F)cc1F. The highest BCUT2D eigenvalue weighted by Gasteiger charge is 2.13. The zero-order valence-corrected chi connectivity index (χ0v) is 10.5. The Balaban J connectivity index is 2.40. The number of rotatable bonds is 3. The Morgan fingerprint density at radius 1 is 1.00 bits per heavy atom. The van der Waals surface area contributed by atoms with Gasteiger partial charge in [0.2, 0.25) is 0 Å². The average Bonchev–Trinajstić information content (AvgIpc) is 2.37. The third kappa shape index (κ3) is 2.90. The molecule has 0 spiro atoms. The van der Waals surface area contributed by atoms with Gasteiger partial charge >= 0.3 is 0 Å². The van der Waals surface area contributed by atoms with E-state index in [0.717, 1.165) is 6.07 Å². The standard InChI is InChI=1S/C12H9ClF3N3/c1-17-11-8(15)5-9(16)12(19-11)18-10-4-6(13)2-3-7(10)14/h2-5H,1H3,(H2,17,18,19). The fourth-order valence-electron chi connectivity index (χ4n) is 1.45. The smallest absolute Gasteiger partial charge is 0.169 e. The van der Waals surface area contributed by atoms with Gasteiger partial charge in [-0.2, -0.15) is 0 Å². The van der Waals surface area contributed by atoms with Crippen LogP contribution in [0.3, 0.4) is 0 Å². The van der Waals surface area contributed by atoms with Gasteiger partial charge in [-0.25, -0.2) is 18.2 Å². The lowest BCUT2D eigenvalue weighted by molar-refractivity contribution is 0.579. The summed E-state index contributed by atoms with van der Waals surface area (Å²) in [4.78, 5) is 3.67. The van der Waals surface area contributed by atoms with Gasteiger partial charge in [0.25, 0.3) is 0 Å². The van der Waals surface area contributed by atoms with E-state index in [9.17, 15) is 13.2 Å². The van der Waals surface area contributed by atoms with Crippen molar-refractivity contribution in [3.63, 3.8) is 0 Å². The Hall–Kier alpha value is -1.95. The van der Waals surface area contributed by atoms with Gasteiger partial charge in [-0.05, 0) is 18.2 Å². The van der Waals surface area contributed by atoms with Gasteiger partial charge in [0, 0.05) is 18.1 Å². The van der Waals surface area contributed by atoms with Crippen LogP contribution >= 0.6 is 11.6 Å². The van der Waals surface area contributed by atoms with E-state index in [1.54, 1.807) is 0 Å². The zero-order valence-electron chi connectivity index (χ0n) is 9.77. The molecule has 19 heavy (non-hydrogen) atoms. The van der Waals surface area contributed by atoms with Crippen LogP contribution in [0.1, 0.15) is 0 Å². The van der Waals surface area contributed by atoms with Crippen molar-refractivity contribution < 1.29 is 13.2 Å². The van der Waals surface area contributed by atoms with Gasteiger partial charge in [0.15, 0.2) is 23.3 Å². The molecule has 0 fully saturated rings. The van der Waals surface area contributed by atoms with E-state index in [2.05, 4.69) is 15.6 Å². The van der Waals surface area contributed by atoms with E-state index in [-0.39, 0.29) is 22.3 Å². The molecule has 2 rings (SSSR count). The molecule has 2 aromatic rings. The van der Waals surface area contributed by atoms with Crippen LogP contribution in [0, 0.1) is 17.5 Å². The molecule has 0 bridgehead atoms. The first-order chi connectivity index (χ1) is 9.01. The average molecular weight is 288 g/mol. The maximum atomic E-state index is 13.5. The molecule has 0 aliphatic heterocycles. The van der Waals surface area contributed by atoms with E-state index in [1.165, 1.54) is 19.2 Å². The molecule has 0 amide bonds. The summed E-state index contributed by atoms with van der Waals surface area (Å²) in [6.45, 7) is 0. The van der Waals surface area contributed by atoms with Crippen LogP contribution in [0.5, 0.6) is 0 Å². The number of hydrogen-bond acceptors (Lipinski definition) is 3. The molecular formula is C12H9ClF3N3. The molecule has 7 heteroatoms. The first kappa shape index (κ1) is 13.5. The van der Waals surface area contributed by atoms with Crippen LogP contribution < -0.4 is 10.6 Å². The zero-order chi connectivity index (χ0) is 14.0. The third-order valence-corrected chi connectivity index (χ3v) is 2.58. The largest absolute Gasteiger partial charge is 0.371 e. The summed E-state index contributed by atoms with van der Waals surface area (Å²) < 4.78 is 40.2. The predicted molar refractivity (Wildman–Crippen MR) is 68.4 cm³/mol. The number of nitrogens with one attached hydrogen (secondary N) is 2. The summed E-state index contributed by atoms with van der Waals surface area (Å²) in [5.74, 6) is -2.84. The molecule has 1 heterocycles. The van der Waals surface area contributed by atoms with Crippen molar-refractivity contribution in [2.45, 2.75) is 0 Å². The quantitative estimate of drug-likeness (QED) is 0.898. The molecule has 1 aromatic heterocycles. The number of nitrogens with zero attached hydrogens (tertiary/aromatic N) is 1. The van der Waals surface area contributed by atoms with Gasteiger partial charge in [-0.1, -0.05) is 11.6 Å². The summed E-state index contributed by atoms with van der Waals surface area (Å²) in [5, 5.41) is 5.17. The molecule has 0 atom stereocenters. The number of benzene rings is 1. The minimum Gasteiger partial charge on any atom is -0.371 e. The van der Waals surface area contributed by atoms with Crippen molar-refractivity contribution in [2.24, 2.45) is 0 Å². The van der Waals surface area contributed by atoms with Crippen LogP contribution in [0.4, 0.5) is 30.5 Å². The summed E-state index contributed by atoms with van der Waals surface area (Å²) >= 11 is 5.71. The first-order valence-electron chi connectivity index (χ1n) is 5.27. The molecular weight excluding hydrogens is 279 g/mol. The lowest BCUT2D eigenvalue weighted by Gasteiger charge is -2.10. The Labute approximate surface area is 112 Å². The maximum Gasteiger partial charge on any atom is 0.169 e. The lowest BCUT2D eigenvalue weighted by Crippen LogP contribution is -2.04. The number of pyridine rings is 1. The van der Waals surface area contributed by atoms with Crippen LogP contribution in [-0.4, -0.2) is 12.0 Å². The van der Waals surface area contributed by atoms with Gasteiger partial charge in [0.05, 0.1) is 5.69 Å². The van der Waals surface area contributed by atoms with E-state index < -0.39 is 17.5 Å².